The Bertz CT molecular complexity index is 977. The smallest absolute Gasteiger partial charge is 0.324 e. The van der Waals surface area contributed by atoms with Gasteiger partial charge in [-0.3, -0.25) is 4.79 Å². The molecule has 26 heavy (non-hydrogen) atoms. The van der Waals surface area contributed by atoms with Gasteiger partial charge in [-0.2, -0.15) is 13.2 Å². The fourth-order valence-electron chi connectivity index (χ4n) is 2.06. The van der Waals surface area contributed by atoms with E-state index < -0.39 is 17.6 Å². The molecule has 0 fully saturated rings. The van der Waals surface area contributed by atoms with Crippen molar-refractivity contribution >= 4 is 46.1 Å². The number of amides is 1. The molecule has 0 aliphatic heterocycles. The largest absolute Gasteiger partial charge is 0.416 e. The molecule has 0 aliphatic carbocycles. The van der Waals surface area contributed by atoms with Gasteiger partial charge in [-0.05, 0) is 18.2 Å². The molecule has 0 aliphatic rings. The molecule has 0 saturated heterocycles. The van der Waals surface area contributed by atoms with Gasteiger partial charge in [0.25, 0.3) is 0 Å². The molecule has 0 bridgehead atoms. The van der Waals surface area contributed by atoms with E-state index >= 15 is 0 Å². The number of carbonyl (C=O) groups excluding carboxylic acids is 1. The minimum atomic E-state index is -4.53. The first-order chi connectivity index (χ1) is 12.3. The molecule has 0 unspecified atom stereocenters. The topological polar surface area (TPSA) is 85.6 Å². The standard InChI is InChI=1S/C14H10ClF3N6OS/c1-24-12-11(22-23-24)13(20-6-19-12)26-5-10(25)21-9-4-7(14(16,17)18)2-3-8(9)15/h2-4,6H,5H2,1H3,(H,21,25). The Morgan fingerprint density at radius 1 is 1.35 bits per heavy atom. The molecular weight excluding hydrogens is 393 g/mol. The van der Waals surface area contributed by atoms with E-state index in [9.17, 15) is 18.0 Å². The summed E-state index contributed by atoms with van der Waals surface area (Å²) in [7, 11) is 1.67. The maximum Gasteiger partial charge on any atom is 0.416 e. The first-order valence-electron chi connectivity index (χ1n) is 7.05. The van der Waals surface area contributed by atoms with Crippen LogP contribution in [0.2, 0.25) is 5.02 Å². The van der Waals surface area contributed by atoms with Crippen molar-refractivity contribution in [3.05, 3.63) is 35.1 Å². The molecule has 3 aromatic rings. The number of halogens is 4. The first-order valence-corrected chi connectivity index (χ1v) is 8.42. The number of thioether (sulfide) groups is 1. The third-order valence-electron chi connectivity index (χ3n) is 3.26. The summed E-state index contributed by atoms with van der Waals surface area (Å²) < 4.78 is 39.8. The predicted octanol–water partition coefficient (Wildman–Crippen LogP) is 3.16. The summed E-state index contributed by atoms with van der Waals surface area (Å²) in [6.07, 6.45) is -3.22. The molecular formula is C14H10ClF3N6OS. The van der Waals surface area contributed by atoms with E-state index in [0.717, 1.165) is 30.0 Å². The summed E-state index contributed by atoms with van der Waals surface area (Å²) >= 11 is 6.92. The number of fused-ring (bicyclic) bond motifs is 1. The summed E-state index contributed by atoms with van der Waals surface area (Å²) in [6, 6.07) is 2.72. The zero-order valence-corrected chi connectivity index (χ0v) is 14.7. The predicted molar refractivity (Wildman–Crippen MR) is 89.9 cm³/mol. The monoisotopic (exact) mass is 402 g/mol. The van der Waals surface area contributed by atoms with Crippen LogP contribution in [0, 0.1) is 0 Å². The van der Waals surface area contributed by atoms with Gasteiger partial charge >= 0.3 is 6.18 Å². The minimum absolute atomic E-state index is 0.00898. The molecule has 0 saturated carbocycles. The number of benzene rings is 1. The molecule has 3 rings (SSSR count). The molecule has 1 aromatic carbocycles. The highest BCUT2D eigenvalue weighted by Gasteiger charge is 2.31. The molecule has 12 heteroatoms. The van der Waals surface area contributed by atoms with Gasteiger partial charge in [-0.1, -0.05) is 28.6 Å². The van der Waals surface area contributed by atoms with Crippen molar-refractivity contribution in [1.29, 1.82) is 0 Å². The van der Waals surface area contributed by atoms with E-state index in [-0.39, 0.29) is 16.5 Å². The molecule has 1 amide bonds. The quantitative estimate of drug-likeness (QED) is 0.533. The Hall–Kier alpha value is -2.40. The van der Waals surface area contributed by atoms with E-state index in [4.69, 9.17) is 11.6 Å². The van der Waals surface area contributed by atoms with Crippen LogP contribution in [-0.4, -0.2) is 36.6 Å². The number of nitrogens with one attached hydrogen (secondary N) is 1. The number of anilines is 1. The van der Waals surface area contributed by atoms with Crippen LogP contribution in [0.1, 0.15) is 5.56 Å². The van der Waals surface area contributed by atoms with Gasteiger partial charge in [-0.15, -0.1) is 5.10 Å². The number of hydrogen-bond donors (Lipinski definition) is 1. The second-order valence-electron chi connectivity index (χ2n) is 5.09. The molecule has 2 heterocycles. The van der Waals surface area contributed by atoms with E-state index in [1.807, 2.05) is 0 Å². The Morgan fingerprint density at radius 3 is 2.85 bits per heavy atom. The summed E-state index contributed by atoms with van der Waals surface area (Å²) in [4.78, 5) is 20.2. The highest BCUT2D eigenvalue weighted by Crippen LogP contribution is 2.34. The number of aryl methyl sites for hydroxylation is 1. The number of hydrogen-bond acceptors (Lipinski definition) is 6. The second-order valence-corrected chi connectivity index (χ2v) is 6.46. The van der Waals surface area contributed by atoms with E-state index in [2.05, 4.69) is 25.6 Å². The number of alkyl halides is 3. The van der Waals surface area contributed by atoms with Crippen molar-refractivity contribution in [2.45, 2.75) is 11.2 Å². The van der Waals surface area contributed by atoms with Crippen LogP contribution in [-0.2, 0) is 18.0 Å². The maximum absolute atomic E-state index is 12.8. The van der Waals surface area contributed by atoms with Gasteiger partial charge < -0.3 is 5.32 Å². The van der Waals surface area contributed by atoms with Crippen LogP contribution < -0.4 is 5.32 Å². The van der Waals surface area contributed by atoms with Crippen molar-refractivity contribution in [3.8, 4) is 0 Å². The van der Waals surface area contributed by atoms with Crippen LogP contribution in [0.3, 0.4) is 0 Å². The summed E-state index contributed by atoms with van der Waals surface area (Å²) in [5.74, 6) is -0.637. The Labute approximate surface area is 153 Å². The average molecular weight is 403 g/mol. The highest BCUT2D eigenvalue weighted by molar-refractivity contribution is 8.00. The molecule has 1 N–H and O–H groups in total. The molecule has 2 aromatic heterocycles. The van der Waals surface area contributed by atoms with Gasteiger partial charge in [-0.25, -0.2) is 14.6 Å². The Balaban J connectivity index is 1.71. The van der Waals surface area contributed by atoms with Crippen LogP contribution in [0.5, 0.6) is 0 Å². The van der Waals surface area contributed by atoms with Crippen LogP contribution in [0.25, 0.3) is 11.2 Å². The lowest BCUT2D eigenvalue weighted by Gasteiger charge is -2.11. The van der Waals surface area contributed by atoms with Crippen molar-refractivity contribution in [1.82, 2.24) is 25.0 Å². The number of aromatic nitrogens is 5. The van der Waals surface area contributed by atoms with Crippen molar-refractivity contribution in [2.24, 2.45) is 7.05 Å². The summed E-state index contributed by atoms with van der Waals surface area (Å²) in [5.41, 5.74) is -0.0740. The van der Waals surface area contributed by atoms with Gasteiger partial charge in [0.15, 0.2) is 11.2 Å². The minimum Gasteiger partial charge on any atom is -0.324 e. The van der Waals surface area contributed by atoms with Crippen LogP contribution >= 0.6 is 23.4 Å². The number of rotatable bonds is 4. The maximum atomic E-state index is 12.8. The van der Waals surface area contributed by atoms with E-state index in [0.29, 0.717) is 16.2 Å². The second kappa shape index (κ2) is 7.08. The molecule has 7 nitrogen and oxygen atoms in total. The zero-order valence-electron chi connectivity index (χ0n) is 13.1. The summed E-state index contributed by atoms with van der Waals surface area (Å²) in [5, 5.41) is 10.6. The van der Waals surface area contributed by atoms with E-state index in [1.54, 1.807) is 7.05 Å². The van der Waals surface area contributed by atoms with Crippen LogP contribution in [0.4, 0.5) is 18.9 Å². The van der Waals surface area contributed by atoms with Gasteiger partial charge in [0.1, 0.15) is 11.4 Å². The fourth-order valence-corrected chi connectivity index (χ4v) is 2.95. The number of nitrogens with zero attached hydrogens (tertiary/aromatic N) is 5. The zero-order chi connectivity index (χ0) is 18.9. The summed E-state index contributed by atoms with van der Waals surface area (Å²) in [6.45, 7) is 0. The first kappa shape index (κ1) is 18.4. The number of carbonyl (C=O) groups is 1. The highest BCUT2D eigenvalue weighted by atomic mass is 35.5. The third-order valence-corrected chi connectivity index (χ3v) is 4.57. The Morgan fingerprint density at radius 2 is 2.12 bits per heavy atom. The third kappa shape index (κ3) is 3.88. The molecule has 136 valence electrons. The Kier molecular flexibility index (Phi) is 5.01. The lowest BCUT2D eigenvalue weighted by Crippen LogP contribution is -2.15. The van der Waals surface area contributed by atoms with Crippen molar-refractivity contribution in [3.63, 3.8) is 0 Å². The van der Waals surface area contributed by atoms with E-state index in [1.165, 1.54) is 11.0 Å². The molecule has 0 spiro atoms. The van der Waals surface area contributed by atoms with Gasteiger partial charge in [0.2, 0.25) is 5.91 Å². The SMILES string of the molecule is Cn1nnc2c(SCC(=O)Nc3cc(C(F)(F)F)ccc3Cl)ncnc21. The normalized spacial score (nSPS) is 11.7. The fraction of sp³-hybridized carbons (Fsp3) is 0.214. The molecule has 0 radical (unpaired) electrons. The van der Waals surface area contributed by atoms with Gasteiger partial charge in [0, 0.05) is 7.05 Å². The lowest BCUT2D eigenvalue weighted by atomic mass is 10.2. The van der Waals surface area contributed by atoms with Crippen molar-refractivity contribution in [2.75, 3.05) is 11.1 Å². The molecule has 0 atom stereocenters. The van der Waals surface area contributed by atoms with Crippen molar-refractivity contribution < 1.29 is 18.0 Å². The lowest BCUT2D eigenvalue weighted by molar-refractivity contribution is -0.137. The van der Waals surface area contributed by atoms with Crippen LogP contribution in [0.15, 0.2) is 29.6 Å². The van der Waals surface area contributed by atoms with Gasteiger partial charge in [0.05, 0.1) is 22.0 Å². The average Bonchev–Trinajstić information content (AvgIpc) is 2.96.